The summed E-state index contributed by atoms with van der Waals surface area (Å²) in [5.41, 5.74) is -0.802. The van der Waals surface area contributed by atoms with E-state index in [0.29, 0.717) is 0 Å². The summed E-state index contributed by atoms with van der Waals surface area (Å²) in [4.78, 5) is 26.5. The first kappa shape index (κ1) is 27.3. The average Bonchev–Trinajstić information content (AvgIpc) is 2.76. The van der Waals surface area contributed by atoms with E-state index in [2.05, 4.69) is 12.1 Å². The molecule has 160 valence electrons. The van der Waals surface area contributed by atoms with Gasteiger partial charge in [-0.3, -0.25) is 32.4 Å². The Labute approximate surface area is 260 Å². The standard InChI is InChI=1S/C24H8BF2NO3.CH3.2Pr/c25-16-9-14-19-15(24(30)28(23(14)29)12-4-2-1-3-5-12)10-17(27)20-13-8-11(26)6-7-18(13)31-22(16)21(19)20;;;/h1-3,6-10H;1H3;;/q-2;-1;;. The Morgan fingerprint density at radius 1 is 0.853 bits per heavy atom. The molecule has 0 unspecified atom stereocenters. The molecule has 0 N–H and O–H groups in total. The molecule has 0 fully saturated rings. The van der Waals surface area contributed by atoms with E-state index < -0.39 is 22.8 Å². The second-order valence-corrected chi connectivity index (χ2v) is 7.22. The molecule has 0 atom stereocenters. The molecule has 0 aliphatic heterocycles. The largest absolute Gasteiger partial charge is 0.457 e. The van der Waals surface area contributed by atoms with Gasteiger partial charge in [-0.25, -0.2) is 8.78 Å². The second kappa shape index (κ2) is 10.0. The Bertz CT molecular complexity index is 1790. The van der Waals surface area contributed by atoms with Gasteiger partial charge in [0.15, 0.2) is 0 Å². The van der Waals surface area contributed by atoms with Gasteiger partial charge in [-0.1, -0.05) is 11.5 Å². The third-order valence-electron chi connectivity index (χ3n) is 5.48. The van der Waals surface area contributed by atoms with Gasteiger partial charge in [0.2, 0.25) is 0 Å². The summed E-state index contributed by atoms with van der Waals surface area (Å²) in [5.74, 6) is -1.33. The van der Waals surface area contributed by atoms with Crippen molar-refractivity contribution in [2.45, 2.75) is 0 Å². The van der Waals surface area contributed by atoms with Gasteiger partial charge in [-0.15, -0.1) is 0 Å². The van der Waals surface area contributed by atoms with Gasteiger partial charge >= 0.3 is 0 Å². The SMILES string of the molecule is [B]c1cc2c(=O)n(-c3[c-]ccc[c-]3)c(=O)c3cc(F)c4c5cc(F)ccc5oc1c4c23.[CH3-].[Pr].[Pr]. The summed E-state index contributed by atoms with van der Waals surface area (Å²) < 4.78 is 36.1. The minimum atomic E-state index is -0.751. The zero-order valence-corrected chi connectivity index (χ0v) is 25.2. The number of fused-ring (bicyclic) bond motifs is 2. The van der Waals surface area contributed by atoms with Crippen molar-refractivity contribution < 1.29 is 95.8 Å². The molecule has 4 aromatic carbocycles. The van der Waals surface area contributed by atoms with Crippen molar-refractivity contribution in [2.24, 2.45) is 0 Å². The third-order valence-corrected chi connectivity index (χ3v) is 5.48. The molecule has 4 nitrogen and oxygen atoms in total. The van der Waals surface area contributed by atoms with Crippen LogP contribution >= 0.6 is 0 Å². The number of benzene rings is 4. The van der Waals surface area contributed by atoms with Crippen molar-refractivity contribution in [1.82, 2.24) is 4.57 Å². The Morgan fingerprint density at radius 2 is 1.50 bits per heavy atom. The summed E-state index contributed by atoms with van der Waals surface area (Å²) >= 11 is 0. The minimum absolute atomic E-state index is 0. The number of rotatable bonds is 1. The fraction of sp³-hybridized carbons (Fsp3) is 0. The van der Waals surface area contributed by atoms with E-state index in [1.807, 2.05) is 0 Å². The van der Waals surface area contributed by atoms with Gasteiger partial charge in [0.1, 0.15) is 30.6 Å². The van der Waals surface area contributed by atoms with E-state index in [1.165, 1.54) is 30.3 Å². The number of pyridine rings is 1. The maximum atomic E-state index is 15.4. The predicted octanol–water partition coefficient (Wildman–Crippen LogP) is 3.96. The summed E-state index contributed by atoms with van der Waals surface area (Å²) in [6.45, 7) is 0. The Hall–Kier alpha value is -1.27. The molecule has 6 rings (SSSR count). The van der Waals surface area contributed by atoms with Crippen molar-refractivity contribution in [1.29, 1.82) is 0 Å². The summed E-state index contributed by atoms with van der Waals surface area (Å²) in [5, 5.41) is 0.695. The van der Waals surface area contributed by atoms with Gasteiger partial charge in [-0.2, -0.15) is 5.69 Å². The molecule has 0 amide bonds. The van der Waals surface area contributed by atoms with Gasteiger partial charge in [0.25, 0.3) is 11.1 Å². The van der Waals surface area contributed by atoms with Crippen LogP contribution < -0.4 is 16.6 Å². The predicted molar refractivity (Wildman–Crippen MR) is 121 cm³/mol. The Kier molecular flexibility index (Phi) is 8.04. The van der Waals surface area contributed by atoms with Gasteiger partial charge in [0, 0.05) is 110 Å². The van der Waals surface area contributed by atoms with Crippen molar-refractivity contribution in [3.63, 3.8) is 0 Å². The molecule has 0 aliphatic carbocycles. The van der Waals surface area contributed by atoms with Crippen LogP contribution in [0, 0.1) is 114 Å². The van der Waals surface area contributed by atoms with Crippen molar-refractivity contribution >= 4 is 56.8 Å². The van der Waals surface area contributed by atoms with Crippen molar-refractivity contribution in [3.8, 4) is 5.69 Å². The van der Waals surface area contributed by atoms with E-state index in [9.17, 15) is 14.0 Å². The van der Waals surface area contributed by atoms with Crippen LogP contribution in [0.1, 0.15) is 0 Å². The maximum Gasteiger partial charge on any atom is 0.262 e. The fourth-order valence-corrected chi connectivity index (χ4v) is 4.21. The first-order valence-corrected chi connectivity index (χ1v) is 9.29. The molecule has 6 aromatic rings. The van der Waals surface area contributed by atoms with Crippen LogP contribution in [0.3, 0.4) is 0 Å². The molecule has 9 heteroatoms. The number of hydrogen-bond donors (Lipinski definition) is 0. The van der Waals surface area contributed by atoms with Gasteiger partial charge in [-0.05, 0) is 24.3 Å². The fourth-order valence-electron chi connectivity index (χ4n) is 4.21. The summed E-state index contributed by atoms with van der Waals surface area (Å²) in [7, 11) is 6.18. The molecule has 34 heavy (non-hydrogen) atoms. The molecular formula is C25H11BF2NO3Pr2-3. The van der Waals surface area contributed by atoms with Crippen LogP contribution in [0.2, 0.25) is 0 Å². The topological polar surface area (TPSA) is 52.2 Å². The first-order chi connectivity index (χ1) is 15.0. The zero-order valence-electron chi connectivity index (χ0n) is 17.8. The molecule has 0 bridgehead atoms. The van der Waals surface area contributed by atoms with Crippen LogP contribution in [-0.4, -0.2) is 12.4 Å². The van der Waals surface area contributed by atoms with Crippen LogP contribution in [0.5, 0.6) is 0 Å². The zero-order chi connectivity index (χ0) is 21.4. The number of hydrogen-bond acceptors (Lipinski definition) is 3. The van der Waals surface area contributed by atoms with Gasteiger partial charge in [0.05, 0.1) is 5.39 Å². The smallest absolute Gasteiger partial charge is 0.262 e. The van der Waals surface area contributed by atoms with E-state index in [1.54, 1.807) is 6.07 Å². The summed E-state index contributed by atoms with van der Waals surface area (Å²) in [6.07, 6.45) is 0. The first-order valence-electron chi connectivity index (χ1n) is 9.29. The van der Waals surface area contributed by atoms with Crippen LogP contribution in [-0.2, 0) is 0 Å². The molecule has 0 saturated heterocycles. The van der Waals surface area contributed by atoms with Crippen LogP contribution in [0.25, 0.3) is 49.2 Å². The molecule has 2 aromatic heterocycles. The molecule has 0 spiro atoms. The number of halogens is 2. The van der Waals surface area contributed by atoms with Crippen LogP contribution in [0.15, 0.2) is 62.5 Å². The second-order valence-electron chi connectivity index (χ2n) is 7.22. The quantitative estimate of drug-likeness (QED) is 0.113. The minimum Gasteiger partial charge on any atom is -0.457 e. The molecule has 0 saturated carbocycles. The molecular weight excluding hydrogens is 693 g/mol. The van der Waals surface area contributed by atoms with Crippen LogP contribution in [0.4, 0.5) is 8.78 Å². The number of aromatic nitrogens is 1. The third kappa shape index (κ3) is 3.87. The van der Waals surface area contributed by atoms with E-state index >= 15 is 4.39 Å². The Balaban J connectivity index is 0.00000108. The van der Waals surface area contributed by atoms with Gasteiger partial charge < -0.3 is 24.0 Å². The number of nitrogens with zero attached hydrogens (tertiary/aromatic N) is 1. The van der Waals surface area contributed by atoms with Crippen molar-refractivity contribution in [2.75, 3.05) is 0 Å². The monoisotopic (exact) mass is 704 g/mol. The van der Waals surface area contributed by atoms with E-state index in [-0.39, 0.29) is 145 Å². The van der Waals surface area contributed by atoms with E-state index in [4.69, 9.17) is 12.3 Å². The average molecular weight is 704 g/mol. The molecule has 2 heterocycles. The van der Waals surface area contributed by atoms with E-state index in [0.717, 1.165) is 16.7 Å². The number of para-hydroxylation sites is 1. The normalized spacial score (nSPS) is 10.9. The molecule has 4 radical (unpaired) electrons. The maximum absolute atomic E-state index is 15.4. The summed E-state index contributed by atoms with van der Waals surface area (Å²) in [6, 6.07) is 16.5. The Morgan fingerprint density at radius 3 is 2.18 bits per heavy atom. The van der Waals surface area contributed by atoms with Crippen molar-refractivity contribution in [3.05, 3.63) is 100 Å². The molecule has 0 aliphatic rings.